The number of ether oxygens (including phenoxy) is 1. The Morgan fingerprint density at radius 1 is 1.22 bits per heavy atom. The molecule has 2 rings (SSSR count). The molecule has 1 N–H and O–H groups in total. The lowest BCUT2D eigenvalue weighted by molar-refractivity contribution is 0.208. The van der Waals surface area contributed by atoms with Crippen molar-refractivity contribution in [1.82, 2.24) is 4.31 Å². The maximum absolute atomic E-state index is 13.1. The number of piperidine rings is 1. The summed E-state index contributed by atoms with van der Waals surface area (Å²) in [4.78, 5) is 0.413. The summed E-state index contributed by atoms with van der Waals surface area (Å²) in [5, 5.41) is 9.03. The molecular weight excluding hydrogens is 314 g/mol. The van der Waals surface area contributed by atoms with E-state index in [-0.39, 0.29) is 6.61 Å². The quantitative estimate of drug-likeness (QED) is 0.893. The largest absolute Gasteiger partial charge is 0.496 e. The number of hydrogen-bond acceptors (Lipinski definition) is 4. The lowest BCUT2D eigenvalue weighted by atomic mass is 9.95. The Balaban J connectivity index is 2.33. The van der Waals surface area contributed by atoms with Gasteiger partial charge in [0.2, 0.25) is 10.0 Å². The third-order valence-corrected chi connectivity index (χ3v) is 7.10. The van der Waals surface area contributed by atoms with Gasteiger partial charge >= 0.3 is 0 Å². The SMILES string of the molecule is COc1cc(C)c(S(=O)(=O)N2CCC(CCO)CC2)c(C)c1C. The average Bonchev–Trinajstić information content (AvgIpc) is 2.51. The van der Waals surface area contributed by atoms with E-state index in [1.807, 2.05) is 20.8 Å². The first-order valence-corrected chi connectivity index (χ1v) is 9.52. The molecule has 0 radical (unpaired) electrons. The Kier molecular flexibility index (Phi) is 5.70. The van der Waals surface area contributed by atoms with Gasteiger partial charge in [-0.1, -0.05) is 0 Å². The van der Waals surface area contributed by atoms with Gasteiger partial charge in [-0.25, -0.2) is 8.42 Å². The van der Waals surface area contributed by atoms with E-state index in [2.05, 4.69) is 0 Å². The van der Waals surface area contributed by atoms with Crippen molar-refractivity contribution in [3.05, 3.63) is 22.8 Å². The van der Waals surface area contributed by atoms with Crippen molar-refractivity contribution in [2.24, 2.45) is 5.92 Å². The fraction of sp³-hybridized carbons (Fsp3) is 0.647. The Hall–Kier alpha value is -1.11. The minimum Gasteiger partial charge on any atom is -0.496 e. The molecule has 6 heteroatoms. The molecule has 1 aromatic rings. The number of nitrogens with zero attached hydrogens (tertiary/aromatic N) is 1. The predicted octanol–water partition coefficient (Wildman–Crippen LogP) is 2.40. The second-order valence-electron chi connectivity index (χ2n) is 6.33. The first kappa shape index (κ1) is 18.2. The fourth-order valence-corrected chi connectivity index (χ4v) is 5.34. The first-order valence-electron chi connectivity index (χ1n) is 8.08. The average molecular weight is 341 g/mol. The van der Waals surface area contributed by atoms with Crippen LogP contribution in [0.25, 0.3) is 0 Å². The maximum Gasteiger partial charge on any atom is 0.243 e. The molecule has 23 heavy (non-hydrogen) atoms. The summed E-state index contributed by atoms with van der Waals surface area (Å²) in [6.45, 7) is 6.78. The van der Waals surface area contributed by atoms with Crippen molar-refractivity contribution in [2.45, 2.75) is 44.9 Å². The summed E-state index contributed by atoms with van der Waals surface area (Å²) in [5.74, 6) is 1.15. The Labute approximate surface area is 139 Å². The van der Waals surface area contributed by atoms with E-state index < -0.39 is 10.0 Å². The zero-order valence-electron chi connectivity index (χ0n) is 14.4. The molecule has 5 nitrogen and oxygen atoms in total. The van der Waals surface area contributed by atoms with Crippen molar-refractivity contribution < 1.29 is 18.3 Å². The zero-order chi connectivity index (χ0) is 17.2. The van der Waals surface area contributed by atoms with E-state index in [1.54, 1.807) is 17.5 Å². The van der Waals surface area contributed by atoms with Crippen LogP contribution in [0.4, 0.5) is 0 Å². The van der Waals surface area contributed by atoms with Crippen molar-refractivity contribution >= 4 is 10.0 Å². The van der Waals surface area contributed by atoms with E-state index in [0.717, 1.165) is 41.7 Å². The minimum absolute atomic E-state index is 0.174. The smallest absolute Gasteiger partial charge is 0.243 e. The standard InChI is InChI=1S/C17H27NO4S/c1-12-11-16(22-4)13(2)14(3)17(12)23(20,21)18-8-5-15(6-9-18)7-10-19/h11,15,19H,5-10H2,1-4H3. The number of aliphatic hydroxyl groups is 1. The van der Waals surface area contributed by atoms with Crippen LogP contribution < -0.4 is 4.74 Å². The normalized spacial score (nSPS) is 17.4. The van der Waals surface area contributed by atoms with Gasteiger partial charge in [0.1, 0.15) is 5.75 Å². The van der Waals surface area contributed by atoms with E-state index in [4.69, 9.17) is 9.84 Å². The zero-order valence-corrected chi connectivity index (χ0v) is 15.2. The van der Waals surface area contributed by atoms with Crippen molar-refractivity contribution in [2.75, 3.05) is 26.8 Å². The highest BCUT2D eigenvalue weighted by atomic mass is 32.2. The molecule has 0 bridgehead atoms. The van der Waals surface area contributed by atoms with Gasteiger partial charge in [-0.3, -0.25) is 0 Å². The topological polar surface area (TPSA) is 66.8 Å². The van der Waals surface area contributed by atoms with Gasteiger partial charge in [-0.15, -0.1) is 0 Å². The van der Waals surface area contributed by atoms with Crippen molar-refractivity contribution in [3.63, 3.8) is 0 Å². The van der Waals surface area contributed by atoms with Gasteiger partial charge < -0.3 is 9.84 Å². The van der Waals surface area contributed by atoms with Crippen LogP contribution in [-0.4, -0.2) is 44.6 Å². The molecular formula is C17H27NO4S. The number of hydrogen-bond donors (Lipinski definition) is 1. The molecule has 0 spiro atoms. The molecule has 1 fully saturated rings. The van der Waals surface area contributed by atoms with Crippen LogP contribution in [-0.2, 0) is 10.0 Å². The van der Waals surface area contributed by atoms with Crippen molar-refractivity contribution in [1.29, 1.82) is 0 Å². The summed E-state index contributed by atoms with van der Waals surface area (Å²) in [6.07, 6.45) is 2.38. The molecule has 0 aliphatic carbocycles. The van der Waals surface area contributed by atoms with Gasteiger partial charge in [0.25, 0.3) is 0 Å². The molecule has 0 amide bonds. The Morgan fingerprint density at radius 2 is 1.83 bits per heavy atom. The molecule has 130 valence electrons. The van der Waals surface area contributed by atoms with E-state index in [0.29, 0.717) is 23.9 Å². The first-order chi connectivity index (χ1) is 10.8. The molecule has 0 unspecified atom stereocenters. The van der Waals surface area contributed by atoms with Gasteiger partial charge in [-0.05, 0) is 68.7 Å². The second-order valence-corrected chi connectivity index (χ2v) is 8.21. The molecule has 1 aliphatic rings. The number of rotatable bonds is 5. The highest BCUT2D eigenvalue weighted by Gasteiger charge is 2.32. The molecule has 1 heterocycles. The molecule has 1 saturated heterocycles. The van der Waals surface area contributed by atoms with Crippen LogP contribution in [0.3, 0.4) is 0 Å². The summed E-state index contributed by atoms with van der Waals surface area (Å²) in [5.41, 5.74) is 2.36. The minimum atomic E-state index is -3.49. The van der Waals surface area contributed by atoms with Crippen molar-refractivity contribution in [3.8, 4) is 5.75 Å². The monoisotopic (exact) mass is 341 g/mol. The van der Waals surface area contributed by atoms with Gasteiger partial charge in [0, 0.05) is 19.7 Å². The van der Waals surface area contributed by atoms with Gasteiger partial charge in [0.15, 0.2) is 0 Å². The number of aryl methyl sites for hydroxylation is 1. The molecule has 0 aromatic heterocycles. The Morgan fingerprint density at radius 3 is 2.35 bits per heavy atom. The summed E-state index contributed by atoms with van der Waals surface area (Å²) in [6, 6.07) is 1.80. The third-order valence-electron chi connectivity index (χ3n) is 4.91. The molecule has 0 saturated carbocycles. The second kappa shape index (κ2) is 7.20. The number of methoxy groups -OCH3 is 1. The third kappa shape index (κ3) is 3.54. The molecule has 1 aliphatic heterocycles. The summed E-state index contributed by atoms with van der Waals surface area (Å²) < 4.78 is 33.1. The number of aliphatic hydroxyl groups excluding tert-OH is 1. The van der Waals surface area contributed by atoms with Crippen LogP contribution in [0.5, 0.6) is 5.75 Å². The van der Waals surface area contributed by atoms with Gasteiger partial charge in [0.05, 0.1) is 12.0 Å². The summed E-state index contributed by atoms with van der Waals surface area (Å²) in [7, 11) is -1.90. The van der Waals surface area contributed by atoms with Crippen LogP contribution in [0.2, 0.25) is 0 Å². The molecule has 1 aromatic carbocycles. The lowest BCUT2D eigenvalue weighted by Gasteiger charge is -2.32. The van der Waals surface area contributed by atoms with Crippen LogP contribution >= 0.6 is 0 Å². The number of sulfonamides is 1. The highest BCUT2D eigenvalue weighted by Crippen LogP contribution is 2.34. The maximum atomic E-state index is 13.1. The van der Waals surface area contributed by atoms with Gasteiger partial charge in [-0.2, -0.15) is 4.31 Å². The van der Waals surface area contributed by atoms with E-state index >= 15 is 0 Å². The highest BCUT2D eigenvalue weighted by molar-refractivity contribution is 7.89. The molecule has 0 atom stereocenters. The van der Waals surface area contributed by atoms with E-state index in [1.165, 1.54) is 0 Å². The van der Waals surface area contributed by atoms with Crippen LogP contribution in [0, 0.1) is 26.7 Å². The van der Waals surface area contributed by atoms with Crippen LogP contribution in [0.1, 0.15) is 36.0 Å². The predicted molar refractivity (Wildman–Crippen MR) is 90.4 cm³/mol. The fourth-order valence-electron chi connectivity index (χ4n) is 3.38. The van der Waals surface area contributed by atoms with E-state index in [9.17, 15) is 8.42 Å². The Bertz CT molecular complexity index is 662. The lowest BCUT2D eigenvalue weighted by Crippen LogP contribution is -2.39. The number of benzene rings is 1. The van der Waals surface area contributed by atoms with Crippen LogP contribution in [0.15, 0.2) is 11.0 Å². The summed E-state index contributed by atoms with van der Waals surface area (Å²) >= 11 is 0.